The molecule has 0 saturated carbocycles. The zero-order valence-electron chi connectivity index (χ0n) is 7.45. The molecular formula is C9H8Cl3NOS. The van der Waals surface area contributed by atoms with Crippen LogP contribution in [0.4, 0.5) is 0 Å². The van der Waals surface area contributed by atoms with Crippen LogP contribution in [0.15, 0.2) is 30.3 Å². The van der Waals surface area contributed by atoms with Crippen molar-refractivity contribution in [3.8, 4) is 0 Å². The van der Waals surface area contributed by atoms with E-state index in [1.807, 2.05) is 0 Å². The molecule has 1 aromatic carbocycles. The minimum Gasteiger partial charge on any atom is -0.319 e. The molecule has 0 heterocycles. The van der Waals surface area contributed by atoms with Crippen LogP contribution >= 0.6 is 47.4 Å². The van der Waals surface area contributed by atoms with Crippen molar-refractivity contribution in [3.63, 3.8) is 0 Å². The van der Waals surface area contributed by atoms with E-state index in [4.69, 9.17) is 34.8 Å². The van der Waals surface area contributed by atoms with Crippen LogP contribution in [0, 0.1) is 0 Å². The summed E-state index contributed by atoms with van der Waals surface area (Å²) in [7, 11) is 0. The lowest BCUT2D eigenvalue weighted by molar-refractivity contribution is 0.0945. The summed E-state index contributed by atoms with van der Waals surface area (Å²) in [6.45, 7) is 0. The van der Waals surface area contributed by atoms with Gasteiger partial charge in [0.15, 0.2) is 0 Å². The lowest BCUT2D eigenvalue weighted by Gasteiger charge is -2.22. The molecule has 1 rings (SSSR count). The quantitative estimate of drug-likeness (QED) is 0.499. The summed E-state index contributed by atoms with van der Waals surface area (Å²) in [5, 5.41) is 2.36. The highest BCUT2D eigenvalue weighted by Gasteiger charge is 2.33. The summed E-state index contributed by atoms with van der Waals surface area (Å²) < 4.78 is -2.49. The summed E-state index contributed by atoms with van der Waals surface area (Å²) in [6.07, 6.45) is 0. The van der Waals surface area contributed by atoms with E-state index in [0.29, 0.717) is 5.56 Å². The molecule has 1 N–H and O–H groups in total. The third kappa shape index (κ3) is 3.76. The number of amides is 1. The van der Waals surface area contributed by atoms with Crippen LogP contribution in [0.3, 0.4) is 0 Å². The molecule has 1 atom stereocenters. The average Bonchev–Trinajstić information content (AvgIpc) is 2.18. The Morgan fingerprint density at radius 1 is 1.33 bits per heavy atom. The molecule has 0 spiro atoms. The van der Waals surface area contributed by atoms with Crippen LogP contribution in [0.5, 0.6) is 0 Å². The first-order valence-electron chi connectivity index (χ1n) is 4.01. The van der Waals surface area contributed by atoms with Crippen LogP contribution in [0.2, 0.25) is 0 Å². The number of carbonyl (C=O) groups excluding carboxylic acids is 1. The summed E-state index contributed by atoms with van der Waals surface area (Å²) in [5.74, 6) is -0.402. The Labute approximate surface area is 108 Å². The minimum absolute atomic E-state index is 0.402. The number of rotatable bonds is 3. The maximum atomic E-state index is 11.6. The SMILES string of the molecule is O=C(NC(Cl)(Cl)C(S)Cl)c1ccccc1. The predicted molar refractivity (Wildman–Crippen MR) is 67.0 cm³/mol. The summed E-state index contributed by atoms with van der Waals surface area (Å²) >= 11 is 20.9. The molecule has 0 aliphatic rings. The summed E-state index contributed by atoms with van der Waals surface area (Å²) in [5.41, 5.74) is 0.453. The Hall–Kier alpha value is -0.0900. The molecular weight excluding hydrogens is 277 g/mol. The van der Waals surface area contributed by atoms with Crippen LogP contribution in [0.1, 0.15) is 10.4 Å². The predicted octanol–water partition coefficient (Wildman–Crippen LogP) is 3.04. The van der Waals surface area contributed by atoms with E-state index in [2.05, 4.69) is 17.9 Å². The Balaban J connectivity index is 2.73. The number of alkyl halides is 3. The molecule has 6 heteroatoms. The van der Waals surface area contributed by atoms with E-state index in [9.17, 15) is 4.79 Å². The topological polar surface area (TPSA) is 29.1 Å². The van der Waals surface area contributed by atoms with Gasteiger partial charge in [0.05, 0.1) is 0 Å². The monoisotopic (exact) mass is 283 g/mol. The number of thiol groups is 1. The lowest BCUT2D eigenvalue weighted by Crippen LogP contribution is -2.43. The molecule has 2 nitrogen and oxygen atoms in total. The summed E-state index contributed by atoms with van der Waals surface area (Å²) in [6, 6.07) is 8.55. The first-order chi connectivity index (χ1) is 6.93. The molecule has 0 fully saturated rings. The smallest absolute Gasteiger partial charge is 0.253 e. The highest BCUT2D eigenvalue weighted by molar-refractivity contribution is 7.82. The largest absolute Gasteiger partial charge is 0.319 e. The van der Waals surface area contributed by atoms with E-state index in [0.717, 1.165) is 0 Å². The van der Waals surface area contributed by atoms with Gasteiger partial charge < -0.3 is 5.32 Å². The molecule has 1 aromatic rings. The third-order valence-electron chi connectivity index (χ3n) is 1.62. The van der Waals surface area contributed by atoms with Gasteiger partial charge in [-0.3, -0.25) is 4.79 Å². The Morgan fingerprint density at radius 2 is 1.87 bits per heavy atom. The van der Waals surface area contributed by atoms with Crippen LogP contribution in [-0.4, -0.2) is 15.1 Å². The van der Waals surface area contributed by atoms with Gasteiger partial charge in [-0.2, -0.15) is 12.6 Å². The first-order valence-corrected chi connectivity index (χ1v) is 5.72. The fraction of sp³-hybridized carbons (Fsp3) is 0.222. The van der Waals surface area contributed by atoms with E-state index in [-0.39, 0.29) is 0 Å². The van der Waals surface area contributed by atoms with Crippen molar-refractivity contribution in [1.82, 2.24) is 5.32 Å². The Morgan fingerprint density at radius 3 is 2.33 bits per heavy atom. The first kappa shape index (κ1) is 13.0. The highest BCUT2D eigenvalue weighted by Crippen LogP contribution is 2.29. The maximum absolute atomic E-state index is 11.6. The van der Waals surface area contributed by atoms with Crippen molar-refractivity contribution in [2.75, 3.05) is 0 Å². The van der Waals surface area contributed by atoms with E-state index < -0.39 is 15.1 Å². The van der Waals surface area contributed by atoms with E-state index in [1.54, 1.807) is 30.3 Å². The number of hydrogen-bond acceptors (Lipinski definition) is 2. The summed E-state index contributed by atoms with van der Waals surface area (Å²) in [4.78, 5) is 11.6. The molecule has 1 amide bonds. The van der Waals surface area contributed by atoms with Crippen molar-refractivity contribution in [1.29, 1.82) is 0 Å². The zero-order valence-corrected chi connectivity index (χ0v) is 10.6. The number of nitrogens with one attached hydrogen (secondary N) is 1. The van der Waals surface area contributed by atoms with Crippen LogP contribution < -0.4 is 5.32 Å². The minimum atomic E-state index is -1.60. The van der Waals surface area contributed by atoms with Gasteiger partial charge in [0.1, 0.15) is 4.71 Å². The van der Waals surface area contributed by atoms with E-state index in [1.165, 1.54) is 0 Å². The van der Waals surface area contributed by atoms with Crippen molar-refractivity contribution < 1.29 is 4.79 Å². The van der Waals surface area contributed by atoms with Gasteiger partial charge in [-0.1, -0.05) is 41.4 Å². The number of carbonyl (C=O) groups is 1. The van der Waals surface area contributed by atoms with Crippen LogP contribution in [-0.2, 0) is 0 Å². The van der Waals surface area contributed by atoms with Gasteiger partial charge >= 0.3 is 0 Å². The molecule has 15 heavy (non-hydrogen) atoms. The number of hydrogen-bond donors (Lipinski definition) is 2. The fourth-order valence-corrected chi connectivity index (χ4v) is 1.16. The Bertz CT molecular complexity index is 342. The molecule has 1 unspecified atom stereocenters. The van der Waals surface area contributed by atoms with Crippen molar-refractivity contribution in [3.05, 3.63) is 35.9 Å². The second-order valence-corrected chi connectivity index (χ2v) is 5.42. The molecule has 0 aromatic heterocycles. The molecule has 0 radical (unpaired) electrons. The highest BCUT2D eigenvalue weighted by atomic mass is 35.5. The Kier molecular flexibility index (Phi) is 4.59. The molecule has 0 saturated heterocycles. The average molecular weight is 285 g/mol. The van der Waals surface area contributed by atoms with Crippen molar-refractivity contribution in [2.45, 2.75) is 9.17 Å². The van der Waals surface area contributed by atoms with Gasteiger partial charge in [0.2, 0.25) is 4.46 Å². The molecule has 0 aliphatic heterocycles. The third-order valence-corrected chi connectivity index (χ3v) is 3.48. The second kappa shape index (κ2) is 5.30. The standard InChI is InChI=1S/C9H8Cl3NOS/c10-8(15)9(11,12)13-7(14)6-4-2-1-3-5-6/h1-5,8,15H,(H,13,14). The van der Waals surface area contributed by atoms with Crippen molar-refractivity contribution in [2.24, 2.45) is 0 Å². The van der Waals surface area contributed by atoms with Gasteiger partial charge in [0.25, 0.3) is 5.91 Å². The fourth-order valence-electron chi connectivity index (χ4n) is 0.873. The zero-order chi connectivity index (χ0) is 11.5. The number of benzene rings is 1. The van der Waals surface area contributed by atoms with Gasteiger partial charge in [-0.05, 0) is 12.1 Å². The maximum Gasteiger partial charge on any atom is 0.253 e. The normalized spacial score (nSPS) is 13.3. The van der Waals surface area contributed by atoms with Gasteiger partial charge in [0, 0.05) is 5.56 Å². The van der Waals surface area contributed by atoms with Gasteiger partial charge in [-0.25, -0.2) is 0 Å². The van der Waals surface area contributed by atoms with Crippen LogP contribution in [0.25, 0.3) is 0 Å². The molecule has 0 aliphatic carbocycles. The van der Waals surface area contributed by atoms with E-state index >= 15 is 0 Å². The second-order valence-electron chi connectivity index (χ2n) is 2.78. The molecule has 82 valence electrons. The number of halogens is 3. The molecule has 0 bridgehead atoms. The van der Waals surface area contributed by atoms with Crippen molar-refractivity contribution >= 4 is 53.3 Å². The van der Waals surface area contributed by atoms with Gasteiger partial charge in [-0.15, -0.1) is 11.6 Å². The lowest BCUT2D eigenvalue weighted by atomic mass is 10.2.